The van der Waals surface area contributed by atoms with E-state index in [0.29, 0.717) is 43.4 Å². The van der Waals surface area contributed by atoms with Gasteiger partial charge in [-0.25, -0.2) is 4.39 Å². The second kappa shape index (κ2) is 6.55. The van der Waals surface area contributed by atoms with E-state index in [0.717, 1.165) is 0 Å². The van der Waals surface area contributed by atoms with E-state index in [1.807, 2.05) is 4.90 Å². The molecule has 1 aromatic carbocycles. The van der Waals surface area contributed by atoms with Gasteiger partial charge < -0.3 is 14.2 Å². The van der Waals surface area contributed by atoms with Crippen molar-refractivity contribution in [2.45, 2.75) is 25.9 Å². The number of hydrogen-bond acceptors (Lipinski definition) is 5. The van der Waals surface area contributed by atoms with Crippen molar-refractivity contribution in [3.63, 3.8) is 0 Å². The fourth-order valence-electron chi connectivity index (χ4n) is 3.79. The maximum absolute atomic E-state index is 13.3. The Morgan fingerprint density at radius 2 is 2.28 bits per heavy atom. The van der Waals surface area contributed by atoms with Crippen LogP contribution in [0.4, 0.5) is 4.39 Å². The van der Waals surface area contributed by atoms with Crippen LogP contribution in [0.1, 0.15) is 17.3 Å². The quantitative estimate of drug-likeness (QED) is 0.845. The second-order valence-electron chi connectivity index (χ2n) is 6.84. The standard InChI is InChI=1S/C18H20FN3O3/c1-11-20-17(25-21-11)7-13-10-24-16-9-22(8-15(13)16)18(23)6-12-3-2-4-14(19)5-12/h2-5,13,15-16H,6-10H2,1H3/t13-,15+,16+/m0/s1. The molecule has 1 amide bonds. The van der Waals surface area contributed by atoms with Gasteiger partial charge in [0.15, 0.2) is 5.82 Å². The summed E-state index contributed by atoms with van der Waals surface area (Å²) < 4.78 is 24.4. The third kappa shape index (κ3) is 3.42. The van der Waals surface area contributed by atoms with Gasteiger partial charge in [0.1, 0.15) is 5.82 Å². The predicted molar refractivity (Wildman–Crippen MR) is 86.1 cm³/mol. The number of amides is 1. The zero-order chi connectivity index (χ0) is 17.4. The van der Waals surface area contributed by atoms with E-state index in [9.17, 15) is 9.18 Å². The number of benzene rings is 1. The number of aryl methyl sites for hydroxylation is 1. The van der Waals surface area contributed by atoms with Crippen molar-refractivity contribution in [2.75, 3.05) is 19.7 Å². The Morgan fingerprint density at radius 1 is 1.40 bits per heavy atom. The molecule has 3 atom stereocenters. The first-order valence-corrected chi connectivity index (χ1v) is 8.51. The summed E-state index contributed by atoms with van der Waals surface area (Å²) >= 11 is 0. The summed E-state index contributed by atoms with van der Waals surface area (Å²) in [5, 5.41) is 3.82. The number of nitrogens with zero attached hydrogens (tertiary/aromatic N) is 3. The Kier molecular flexibility index (Phi) is 4.25. The number of hydrogen-bond donors (Lipinski definition) is 0. The van der Waals surface area contributed by atoms with Gasteiger partial charge in [-0.05, 0) is 30.5 Å². The molecule has 6 nitrogen and oxygen atoms in total. The Hall–Kier alpha value is -2.28. The zero-order valence-electron chi connectivity index (χ0n) is 14.0. The van der Waals surface area contributed by atoms with Crippen LogP contribution in [-0.4, -0.2) is 46.7 Å². The van der Waals surface area contributed by atoms with Gasteiger partial charge >= 0.3 is 0 Å². The van der Waals surface area contributed by atoms with Crippen molar-refractivity contribution < 1.29 is 18.4 Å². The Labute approximate surface area is 145 Å². The summed E-state index contributed by atoms with van der Waals surface area (Å²) in [7, 11) is 0. The molecule has 0 aliphatic carbocycles. The highest BCUT2D eigenvalue weighted by atomic mass is 19.1. The summed E-state index contributed by atoms with van der Waals surface area (Å²) in [6.07, 6.45) is 0.948. The lowest BCUT2D eigenvalue weighted by atomic mass is 9.90. The summed E-state index contributed by atoms with van der Waals surface area (Å²) in [6, 6.07) is 6.19. The number of carbonyl (C=O) groups is 1. The summed E-state index contributed by atoms with van der Waals surface area (Å²) in [6.45, 7) is 3.71. The van der Waals surface area contributed by atoms with E-state index >= 15 is 0 Å². The van der Waals surface area contributed by atoms with Crippen LogP contribution in [0, 0.1) is 24.6 Å². The molecule has 2 saturated heterocycles. The van der Waals surface area contributed by atoms with Gasteiger partial charge in [-0.1, -0.05) is 17.3 Å². The van der Waals surface area contributed by atoms with Crippen molar-refractivity contribution >= 4 is 5.91 Å². The molecule has 25 heavy (non-hydrogen) atoms. The molecular weight excluding hydrogens is 325 g/mol. The van der Waals surface area contributed by atoms with E-state index in [2.05, 4.69) is 10.1 Å². The molecule has 0 radical (unpaired) electrons. The molecule has 4 rings (SSSR count). The van der Waals surface area contributed by atoms with E-state index in [1.165, 1.54) is 12.1 Å². The smallest absolute Gasteiger partial charge is 0.227 e. The molecule has 2 aromatic rings. The van der Waals surface area contributed by atoms with Crippen LogP contribution in [0.15, 0.2) is 28.8 Å². The van der Waals surface area contributed by atoms with Gasteiger partial charge in [0.05, 0.1) is 19.1 Å². The maximum atomic E-state index is 13.3. The molecule has 2 fully saturated rings. The summed E-state index contributed by atoms with van der Waals surface area (Å²) in [5.74, 6) is 1.50. The minimum atomic E-state index is -0.318. The largest absolute Gasteiger partial charge is 0.376 e. The van der Waals surface area contributed by atoms with E-state index in [4.69, 9.17) is 9.26 Å². The van der Waals surface area contributed by atoms with E-state index in [1.54, 1.807) is 19.1 Å². The first-order chi connectivity index (χ1) is 12.1. The number of likely N-dealkylation sites (tertiary alicyclic amines) is 1. The highest BCUT2D eigenvalue weighted by Crippen LogP contribution is 2.35. The van der Waals surface area contributed by atoms with Crippen LogP contribution in [-0.2, 0) is 22.4 Å². The molecule has 0 bridgehead atoms. The van der Waals surface area contributed by atoms with Crippen molar-refractivity contribution in [1.29, 1.82) is 0 Å². The maximum Gasteiger partial charge on any atom is 0.227 e. The number of halogens is 1. The van der Waals surface area contributed by atoms with Crippen LogP contribution < -0.4 is 0 Å². The van der Waals surface area contributed by atoms with Crippen molar-refractivity contribution in [1.82, 2.24) is 15.0 Å². The number of fused-ring (bicyclic) bond motifs is 1. The molecule has 2 aliphatic rings. The lowest BCUT2D eigenvalue weighted by Gasteiger charge is -2.19. The average Bonchev–Trinajstić information content (AvgIpc) is 3.25. The van der Waals surface area contributed by atoms with Gasteiger partial charge in [-0.15, -0.1) is 0 Å². The highest BCUT2D eigenvalue weighted by molar-refractivity contribution is 5.79. The lowest BCUT2D eigenvalue weighted by Crippen LogP contribution is -2.32. The molecular formula is C18H20FN3O3. The highest BCUT2D eigenvalue weighted by Gasteiger charge is 2.45. The molecule has 3 heterocycles. The normalized spacial score (nSPS) is 25.4. The molecule has 0 unspecified atom stereocenters. The van der Waals surface area contributed by atoms with Gasteiger partial charge in [-0.2, -0.15) is 4.98 Å². The van der Waals surface area contributed by atoms with E-state index in [-0.39, 0.29) is 36.1 Å². The summed E-state index contributed by atoms with van der Waals surface area (Å²) in [5.41, 5.74) is 0.695. The molecule has 1 aromatic heterocycles. The van der Waals surface area contributed by atoms with Crippen LogP contribution in [0.3, 0.4) is 0 Å². The van der Waals surface area contributed by atoms with Gasteiger partial charge in [0, 0.05) is 25.4 Å². The van der Waals surface area contributed by atoms with Gasteiger partial charge in [-0.3, -0.25) is 4.79 Å². The fraction of sp³-hybridized carbons (Fsp3) is 0.500. The number of aromatic nitrogens is 2. The zero-order valence-corrected chi connectivity index (χ0v) is 14.0. The van der Waals surface area contributed by atoms with Gasteiger partial charge in [0.25, 0.3) is 0 Å². The minimum absolute atomic E-state index is 0.0102. The minimum Gasteiger partial charge on any atom is -0.376 e. The number of rotatable bonds is 4. The van der Waals surface area contributed by atoms with Crippen LogP contribution in [0.25, 0.3) is 0 Å². The topological polar surface area (TPSA) is 68.5 Å². The first-order valence-electron chi connectivity index (χ1n) is 8.51. The van der Waals surface area contributed by atoms with Crippen molar-refractivity contribution in [3.8, 4) is 0 Å². The van der Waals surface area contributed by atoms with Crippen molar-refractivity contribution in [2.24, 2.45) is 11.8 Å². The molecule has 0 N–H and O–H groups in total. The van der Waals surface area contributed by atoms with Crippen LogP contribution in [0.5, 0.6) is 0 Å². The van der Waals surface area contributed by atoms with Crippen molar-refractivity contribution in [3.05, 3.63) is 47.4 Å². The molecule has 7 heteroatoms. The van der Waals surface area contributed by atoms with Crippen LogP contribution >= 0.6 is 0 Å². The number of ether oxygens (including phenoxy) is 1. The summed E-state index contributed by atoms with van der Waals surface area (Å²) in [4.78, 5) is 18.6. The number of carbonyl (C=O) groups excluding carboxylic acids is 1. The third-order valence-electron chi connectivity index (χ3n) is 5.04. The van der Waals surface area contributed by atoms with E-state index < -0.39 is 0 Å². The second-order valence-corrected chi connectivity index (χ2v) is 6.84. The predicted octanol–water partition coefficient (Wildman–Crippen LogP) is 1.78. The third-order valence-corrected chi connectivity index (χ3v) is 5.04. The Morgan fingerprint density at radius 3 is 3.04 bits per heavy atom. The fourth-order valence-corrected chi connectivity index (χ4v) is 3.79. The average molecular weight is 345 g/mol. The first kappa shape index (κ1) is 16.2. The molecule has 0 saturated carbocycles. The molecule has 132 valence electrons. The molecule has 0 spiro atoms. The Balaban J connectivity index is 1.38. The SMILES string of the molecule is Cc1noc(C[C@H]2CO[C@@H]3CN(C(=O)Cc4cccc(F)c4)C[C@H]23)n1. The lowest BCUT2D eigenvalue weighted by molar-refractivity contribution is -0.130. The monoisotopic (exact) mass is 345 g/mol. The van der Waals surface area contributed by atoms with Crippen LogP contribution in [0.2, 0.25) is 0 Å². The molecule has 2 aliphatic heterocycles. The van der Waals surface area contributed by atoms with Gasteiger partial charge in [0.2, 0.25) is 11.8 Å². The Bertz CT molecular complexity index is 778.